The zero-order chi connectivity index (χ0) is 15.2. The van der Waals surface area contributed by atoms with E-state index in [4.69, 9.17) is 5.73 Å². The van der Waals surface area contributed by atoms with Crippen LogP contribution in [0.25, 0.3) is 0 Å². The third-order valence-electron chi connectivity index (χ3n) is 3.76. The normalized spacial score (nSPS) is 18.3. The number of nitrogens with one attached hydrogen (secondary N) is 1. The van der Waals surface area contributed by atoms with Gasteiger partial charge in [-0.3, -0.25) is 9.59 Å². The number of carbonyl (C=O) groups excluding carboxylic acids is 2. The number of nitrogens with zero attached hydrogens (tertiary/aromatic N) is 1. The summed E-state index contributed by atoms with van der Waals surface area (Å²) in [5.74, 6) is 0.113. The van der Waals surface area contributed by atoms with Crippen LogP contribution >= 0.6 is 0 Å². The molecule has 1 atom stereocenters. The summed E-state index contributed by atoms with van der Waals surface area (Å²) in [5, 5.41) is 2.90. The van der Waals surface area contributed by atoms with Gasteiger partial charge in [0.05, 0.1) is 0 Å². The van der Waals surface area contributed by atoms with Crippen molar-refractivity contribution in [2.24, 2.45) is 0 Å². The lowest BCUT2D eigenvalue weighted by molar-refractivity contribution is -0.133. The van der Waals surface area contributed by atoms with Gasteiger partial charge in [0.1, 0.15) is 0 Å². The van der Waals surface area contributed by atoms with Crippen LogP contribution in [-0.4, -0.2) is 35.8 Å². The van der Waals surface area contributed by atoms with E-state index < -0.39 is 0 Å². The Labute approximate surface area is 125 Å². The fourth-order valence-corrected chi connectivity index (χ4v) is 2.77. The molecule has 1 unspecified atom stereocenters. The van der Waals surface area contributed by atoms with Crippen molar-refractivity contribution in [3.8, 4) is 0 Å². The highest BCUT2D eigenvalue weighted by atomic mass is 16.2. The Bertz CT molecular complexity index is 516. The number of amides is 2. The van der Waals surface area contributed by atoms with E-state index in [0.29, 0.717) is 19.4 Å². The first-order valence-corrected chi connectivity index (χ1v) is 7.44. The molecule has 1 aliphatic rings. The number of piperidine rings is 1. The lowest BCUT2D eigenvalue weighted by Gasteiger charge is -2.33. The highest BCUT2D eigenvalue weighted by Crippen LogP contribution is 2.14. The van der Waals surface area contributed by atoms with Gasteiger partial charge in [-0.05, 0) is 37.0 Å². The zero-order valence-electron chi connectivity index (χ0n) is 12.5. The molecule has 0 aromatic heterocycles. The summed E-state index contributed by atoms with van der Waals surface area (Å²) in [6, 6.07) is 7.73. The molecule has 21 heavy (non-hydrogen) atoms. The van der Waals surface area contributed by atoms with Crippen molar-refractivity contribution in [3.63, 3.8) is 0 Å². The number of nitrogen functional groups attached to an aromatic ring is 1. The molecule has 1 aromatic carbocycles. The van der Waals surface area contributed by atoms with Crippen LogP contribution in [0.1, 0.15) is 31.7 Å². The smallest absolute Gasteiger partial charge is 0.222 e. The van der Waals surface area contributed by atoms with Gasteiger partial charge < -0.3 is 16.0 Å². The molecule has 114 valence electrons. The van der Waals surface area contributed by atoms with Crippen molar-refractivity contribution in [1.82, 2.24) is 10.2 Å². The van der Waals surface area contributed by atoms with Gasteiger partial charge in [-0.1, -0.05) is 12.1 Å². The number of hydrogen-bond acceptors (Lipinski definition) is 3. The van der Waals surface area contributed by atoms with Gasteiger partial charge in [0.25, 0.3) is 0 Å². The van der Waals surface area contributed by atoms with Crippen LogP contribution in [0.5, 0.6) is 0 Å². The van der Waals surface area contributed by atoms with Crippen molar-refractivity contribution >= 4 is 17.5 Å². The van der Waals surface area contributed by atoms with E-state index in [1.165, 1.54) is 6.92 Å². The SMILES string of the molecule is CC(=O)NC1CCCN(C(=O)CCc2cccc(N)c2)C1. The molecule has 2 rings (SSSR count). The minimum Gasteiger partial charge on any atom is -0.399 e. The Hall–Kier alpha value is -2.04. The Morgan fingerprint density at radius 2 is 2.24 bits per heavy atom. The first-order chi connectivity index (χ1) is 10.0. The molecule has 1 fully saturated rings. The number of likely N-dealkylation sites (tertiary alicyclic amines) is 1. The largest absolute Gasteiger partial charge is 0.399 e. The van der Waals surface area contributed by atoms with Crippen molar-refractivity contribution < 1.29 is 9.59 Å². The van der Waals surface area contributed by atoms with Crippen molar-refractivity contribution in [1.29, 1.82) is 0 Å². The van der Waals surface area contributed by atoms with Crippen molar-refractivity contribution in [3.05, 3.63) is 29.8 Å². The van der Waals surface area contributed by atoms with E-state index >= 15 is 0 Å². The number of aryl methyl sites for hydroxylation is 1. The maximum atomic E-state index is 12.3. The lowest BCUT2D eigenvalue weighted by atomic mass is 10.0. The molecule has 5 nitrogen and oxygen atoms in total. The molecule has 1 heterocycles. The molecule has 1 aromatic rings. The van der Waals surface area contributed by atoms with E-state index in [-0.39, 0.29) is 17.9 Å². The molecule has 1 saturated heterocycles. The molecule has 0 spiro atoms. The predicted molar refractivity (Wildman–Crippen MR) is 82.6 cm³/mol. The molecule has 0 saturated carbocycles. The van der Waals surface area contributed by atoms with Crippen LogP contribution in [0.4, 0.5) is 5.69 Å². The molecule has 2 amide bonds. The Morgan fingerprint density at radius 3 is 2.95 bits per heavy atom. The second kappa shape index (κ2) is 7.11. The summed E-state index contributed by atoms with van der Waals surface area (Å²) in [7, 11) is 0. The summed E-state index contributed by atoms with van der Waals surface area (Å²) in [4.78, 5) is 25.2. The Morgan fingerprint density at radius 1 is 1.43 bits per heavy atom. The average Bonchev–Trinajstić information content (AvgIpc) is 2.44. The van der Waals surface area contributed by atoms with Gasteiger partial charge in [-0.15, -0.1) is 0 Å². The van der Waals surface area contributed by atoms with E-state index in [2.05, 4.69) is 5.32 Å². The number of hydrogen-bond donors (Lipinski definition) is 2. The zero-order valence-corrected chi connectivity index (χ0v) is 12.5. The first kappa shape index (κ1) is 15.4. The minimum atomic E-state index is -0.0333. The first-order valence-electron chi connectivity index (χ1n) is 7.44. The molecular formula is C16H23N3O2. The van der Waals surface area contributed by atoms with Gasteiger partial charge >= 0.3 is 0 Å². The molecule has 0 aliphatic carbocycles. The maximum Gasteiger partial charge on any atom is 0.222 e. The van der Waals surface area contributed by atoms with Gasteiger partial charge in [0, 0.05) is 38.2 Å². The van der Waals surface area contributed by atoms with E-state index in [1.807, 2.05) is 29.2 Å². The summed E-state index contributed by atoms with van der Waals surface area (Å²) in [6.45, 7) is 2.92. The number of benzene rings is 1. The van der Waals surface area contributed by atoms with Crippen LogP contribution in [0.15, 0.2) is 24.3 Å². The predicted octanol–water partition coefficient (Wildman–Crippen LogP) is 1.33. The third kappa shape index (κ3) is 4.77. The second-order valence-corrected chi connectivity index (χ2v) is 5.62. The monoisotopic (exact) mass is 289 g/mol. The molecule has 0 radical (unpaired) electrons. The second-order valence-electron chi connectivity index (χ2n) is 5.62. The van der Waals surface area contributed by atoms with Gasteiger partial charge in [0.15, 0.2) is 0 Å². The van der Waals surface area contributed by atoms with E-state index in [1.54, 1.807) is 0 Å². The highest BCUT2D eigenvalue weighted by molar-refractivity contribution is 5.77. The number of carbonyl (C=O) groups is 2. The summed E-state index contributed by atoms with van der Waals surface area (Å²) < 4.78 is 0. The molecular weight excluding hydrogens is 266 g/mol. The van der Waals surface area contributed by atoms with Crippen molar-refractivity contribution in [2.45, 2.75) is 38.6 Å². The quantitative estimate of drug-likeness (QED) is 0.821. The minimum absolute atomic E-state index is 0.0333. The lowest BCUT2D eigenvalue weighted by Crippen LogP contribution is -2.49. The molecule has 0 bridgehead atoms. The topological polar surface area (TPSA) is 75.4 Å². The Balaban J connectivity index is 1.83. The van der Waals surface area contributed by atoms with Crippen LogP contribution in [0.3, 0.4) is 0 Å². The molecule has 1 aliphatic heterocycles. The highest BCUT2D eigenvalue weighted by Gasteiger charge is 2.23. The van der Waals surface area contributed by atoms with E-state index in [0.717, 1.165) is 30.6 Å². The Kier molecular flexibility index (Phi) is 5.20. The molecule has 3 N–H and O–H groups in total. The van der Waals surface area contributed by atoms with Crippen LogP contribution in [0, 0.1) is 0 Å². The van der Waals surface area contributed by atoms with Crippen LogP contribution in [-0.2, 0) is 16.0 Å². The number of anilines is 1. The summed E-state index contributed by atoms with van der Waals surface area (Å²) in [5.41, 5.74) is 7.54. The van der Waals surface area contributed by atoms with Crippen LogP contribution < -0.4 is 11.1 Å². The summed E-state index contributed by atoms with van der Waals surface area (Å²) in [6.07, 6.45) is 3.06. The van der Waals surface area contributed by atoms with Crippen LogP contribution in [0.2, 0.25) is 0 Å². The summed E-state index contributed by atoms with van der Waals surface area (Å²) >= 11 is 0. The molecule has 5 heteroatoms. The standard InChI is InChI=1S/C16H23N3O2/c1-12(20)18-15-6-3-9-19(11-15)16(21)8-7-13-4-2-5-14(17)10-13/h2,4-5,10,15H,3,6-9,11,17H2,1H3,(H,18,20). The maximum absolute atomic E-state index is 12.3. The van der Waals surface area contributed by atoms with Gasteiger partial charge in [-0.2, -0.15) is 0 Å². The number of nitrogens with two attached hydrogens (primary N) is 1. The van der Waals surface area contributed by atoms with Gasteiger partial charge in [0.2, 0.25) is 11.8 Å². The third-order valence-corrected chi connectivity index (χ3v) is 3.76. The fraction of sp³-hybridized carbons (Fsp3) is 0.500. The van der Waals surface area contributed by atoms with E-state index in [9.17, 15) is 9.59 Å². The van der Waals surface area contributed by atoms with Crippen molar-refractivity contribution in [2.75, 3.05) is 18.8 Å². The number of rotatable bonds is 4. The van der Waals surface area contributed by atoms with Gasteiger partial charge in [-0.25, -0.2) is 0 Å². The average molecular weight is 289 g/mol. The fourth-order valence-electron chi connectivity index (χ4n) is 2.77.